The highest BCUT2D eigenvalue weighted by Crippen LogP contribution is 2.28. The van der Waals surface area contributed by atoms with E-state index in [0.717, 1.165) is 21.8 Å². The first-order chi connectivity index (χ1) is 12.6. The molecule has 26 heavy (non-hydrogen) atoms. The van der Waals surface area contributed by atoms with Gasteiger partial charge in [-0.15, -0.1) is 23.5 Å². The topological polar surface area (TPSA) is 3.24 Å². The molecule has 0 aliphatic heterocycles. The van der Waals surface area contributed by atoms with Gasteiger partial charge < -0.3 is 4.90 Å². The summed E-state index contributed by atoms with van der Waals surface area (Å²) >= 11 is 15.6. The first-order valence-corrected chi connectivity index (χ1v) is 10.9. The molecule has 3 rings (SSSR count). The van der Waals surface area contributed by atoms with Crippen molar-refractivity contribution in [2.45, 2.75) is 16.7 Å². The summed E-state index contributed by atoms with van der Waals surface area (Å²) in [6.07, 6.45) is 0. The number of thioether (sulfide) groups is 2. The predicted octanol–water partition coefficient (Wildman–Crippen LogP) is 7.61. The third-order valence-corrected chi connectivity index (χ3v) is 6.40. The van der Waals surface area contributed by atoms with Crippen molar-refractivity contribution in [1.29, 1.82) is 0 Å². The van der Waals surface area contributed by atoms with Crippen LogP contribution in [0.15, 0.2) is 82.6 Å². The minimum absolute atomic E-state index is 0.767. The number of aryl methyl sites for hydroxylation is 1. The SMILES string of the molecule is Cc1ccc(N(CSc2ccc(Cl)cc2)CSc2ccc(Cl)cc2)cc1. The number of anilines is 1. The third-order valence-electron chi connectivity index (χ3n) is 3.80. The van der Waals surface area contributed by atoms with Gasteiger partial charge in [0, 0.05) is 25.5 Å². The van der Waals surface area contributed by atoms with Crippen molar-refractivity contribution >= 4 is 52.4 Å². The zero-order valence-electron chi connectivity index (χ0n) is 14.4. The number of hydrogen-bond donors (Lipinski definition) is 0. The molecule has 0 fully saturated rings. The fraction of sp³-hybridized carbons (Fsp3) is 0.143. The zero-order valence-corrected chi connectivity index (χ0v) is 17.5. The van der Waals surface area contributed by atoms with Crippen LogP contribution in [0.2, 0.25) is 10.0 Å². The van der Waals surface area contributed by atoms with Crippen molar-refractivity contribution in [2.75, 3.05) is 16.7 Å². The summed E-state index contributed by atoms with van der Waals surface area (Å²) in [4.78, 5) is 4.80. The molecule has 0 amide bonds. The Labute approximate surface area is 173 Å². The Bertz CT molecular complexity index is 769. The Morgan fingerprint density at radius 1 is 0.654 bits per heavy atom. The van der Waals surface area contributed by atoms with E-state index in [9.17, 15) is 0 Å². The van der Waals surface area contributed by atoms with E-state index in [1.165, 1.54) is 21.0 Å². The Morgan fingerprint density at radius 2 is 1.08 bits per heavy atom. The highest BCUT2D eigenvalue weighted by Gasteiger charge is 2.08. The maximum absolute atomic E-state index is 5.98. The van der Waals surface area contributed by atoms with E-state index in [2.05, 4.69) is 60.4 Å². The summed E-state index contributed by atoms with van der Waals surface area (Å²) in [5.74, 6) is 1.73. The molecule has 0 saturated carbocycles. The summed E-state index contributed by atoms with van der Waals surface area (Å²) in [5.41, 5.74) is 2.49. The molecule has 1 nitrogen and oxygen atoms in total. The van der Waals surface area contributed by atoms with Gasteiger partial charge >= 0.3 is 0 Å². The molecule has 0 atom stereocenters. The molecule has 0 aliphatic rings. The van der Waals surface area contributed by atoms with Crippen LogP contribution in [-0.4, -0.2) is 11.8 Å². The third kappa shape index (κ3) is 5.88. The van der Waals surface area contributed by atoms with Crippen LogP contribution in [0, 0.1) is 6.92 Å². The van der Waals surface area contributed by atoms with Gasteiger partial charge in [-0.05, 0) is 67.6 Å². The number of halogens is 2. The van der Waals surface area contributed by atoms with E-state index in [-0.39, 0.29) is 0 Å². The van der Waals surface area contributed by atoms with Crippen LogP contribution in [0.25, 0.3) is 0 Å². The summed E-state index contributed by atoms with van der Waals surface area (Å²) in [5, 5.41) is 1.53. The molecule has 0 radical (unpaired) electrons. The molecule has 0 spiro atoms. The molecule has 3 aromatic carbocycles. The Balaban J connectivity index is 1.69. The molecule has 0 aromatic heterocycles. The molecular weight excluding hydrogens is 401 g/mol. The van der Waals surface area contributed by atoms with Gasteiger partial charge in [-0.3, -0.25) is 0 Å². The summed E-state index contributed by atoms with van der Waals surface area (Å²) in [7, 11) is 0. The number of benzene rings is 3. The van der Waals surface area contributed by atoms with Crippen LogP contribution in [0.3, 0.4) is 0 Å². The van der Waals surface area contributed by atoms with Gasteiger partial charge in [-0.2, -0.15) is 0 Å². The second-order valence-corrected chi connectivity index (χ2v) is 8.74. The summed E-state index contributed by atoms with van der Waals surface area (Å²) in [6.45, 7) is 2.11. The molecule has 0 saturated heterocycles. The quantitative estimate of drug-likeness (QED) is 0.286. The average molecular weight is 420 g/mol. The molecule has 0 heterocycles. The van der Waals surface area contributed by atoms with Crippen molar-refractivity contribution in [2.24, 2.45) is 0 Å². The normalized spacial score (nSPS) is 10.7. The van der Waals surface area contributed by atoms with Crippen LogP contribution in [0.5, 0.6) is 0 Å². The van der Waals surface area contributed by atoms with Gasteiger partial charge in [0.1, 0.15) is 0 Å². The Hall–Kier alpha value is -1.26. The van der Waals surface area contributed by atoms with Crippen molar-refractivity contribution in [1.82, 2.24) is 0 Å². The monoisotopic (exact) mass is 419 g/mol. The van der Waals surface area contributed by atoms with Crippen molar-refractivity contribution < 1.29 is 0 Å². The fourth-order valence-electron chi connectivity index (χ4n) is 2.31. The lowest BCUT2D eigenvalue weighted by Crippen LogP contribution is -2.21. The van der Waals surface area contributed by atoms with Gasteiger partial charge in [0.2, 0.25) is 0 Å². The van der Waals surface area contributed by atoms with E-state index in [4.69, 9.17) is 23.2 Å². The van der Waals surface area contributed by atoms with Crippen LogP contribution < -0.4 is 4.90 Å². The van der Waals surface area contributed by atoms with Crippen molar-refractivity contribution in [3.8, 4) is 0 Å². The van der Waals surface area contributed by atoms with Crippen LogP contribution in [0.4, 0.5) is 5.69 Å². The van der Waals surface area contributed by atoms with Crippen molar-refractivity contribution in [3.63, 3.8) is 0 Å². The summed E-state index contributed by atoms with van der Waals surface area (Å²) < 4.78 is 0. The van der Waals surface area contributed by atoms with E-state index in [1.54, 1.807) is 23.5 Å². The number of rotatable bonds is 7. The van der Waals surface area contributed by atoms with Gasteiger partial charge in [-0.1, -0.05) is 40.9 Å². The lowest BCUT2D eigenvalue weighted by molar-refractivity contribution is 1.06. The molecule has 5 heteroatoms. The zero-order chi connectivity index (χ0) is 18.4. The molecule has 0 bridgehead atoms. The van der Waals surface area contributed by atoms with E-state index in [0.29, 0.717) is 0 Å². The number of nitrogens with zero attached hydrogens (tertiary/aromatic N) is 1. The van der Waals surface area contributed by atoms with Gasteiger partial charge in [0.25, 0.3) is 0 Å². The standard InChI is InChI=1S/C21H19Cl2NS2/c1-16-2-8-19(9-3-16)24(14-25-20-10-4-17(22)5-11-20)15-26-21-12-6-18(23)7-13-21/h2-13H,14-15H2,1H3. The largest absolute Gasteiger partial charge is 0.352 e. The minimum atomic E-state index is 0.767. The highest BCUT2D eigenvalue weighted by atomic mass is 35.5. The molecule has 134 valence electrons. The highest BCUT2D eigenvalue weighted by molar-refractivity contribution is 8.00. The maximum Gasteiger partial charge on any atom is 0.0694 e. The van der Waals surface area contributed by atoms with Crippen molar-refractivity contribution in [3.05, 3.63) is 88.4 Å². The average Bonchev–Trinajstić information content (AvgIpc) is 2.65. The van der Waals surface area contributed by atoms with Crippen LogP contribution in [0.1, 0.15) is 5.56 Å². The lowest BCUT2D eigenvalue weighted by atomic mass is 10.2. The molecule has 0 N–H and O–H groups in total. The fourth-order valence-corrected chi connectivity index (χ4v) is 4.42. The second kappa shape index (κ2) is 9.61. The van der Waals surface area contributed by atoms with Gasteiger partial charge in [0.15, 0.2) is 0 Å². The molecule has 0 aliphatic carbocycles. The lowest BCUT2D eigenvalue weighted by Gasteiger charge is -2.24. The Morgan fingerprint density at radius 3 is 1.50 bits per heavy atom. The van der Waals surface area contributed by atoms with E-state index < -0.39 is 0 Å². The van der Waals surface area contributed by atoms with Crippen LogP contribution in [-0.2, 0) is 0 Å². The van der Waals surface area contributed by atoms with Gasteiger partial charge in [-0.25, -0.2) is 0 Å². The minimum Gasteiger partial charge on any atom is -0.352 e. The second-order valence-electron chi connectivity index (χ2n) is 5.83. The Kier molecular flexibility index (Phi) is 7.21. The van der Waals surface area contributed by atoms with E-state index in [1.807, 2.05) is 24.3 Å². The van der Waals surface area contributed by atoms with E-state index >= 15 is 0 Å². The predicted molar refractivity (Wildman–Crippen MR) is 118 cm³/mol. The summed E-state index contributed by atoms with van der Waals surface area (Å²) in [6, 6.07) is 24.7. The smallest absolute Gasteiger partial charge is 0.0694 e. The first kappa shape index (κ1) is 19.5. The first-order valence-electron chi connectivity index (χ1n) is 8.18. The molecular formula is C21H19Cl2NS2. The maximum atomic E-state index is 5.98. The molecule has 0 unspecified atom stereocenters. The van der Waals surface area contributed by atoms with Gasteiger partial charge in [0.05, 0.1) is 11.8 Å². The number of hydrogen-bond acceptors (Lipinski definition) is 3. The van der Waals surface area contributed by atoms with Crippen LogP contribution >= 0.6 is 46.7 Å². The molecule has 3 aromatic rings.